The second kappa shape index (κ2) is 8.60. The van der Waals surface area contributed by atoms with Crippen molar-refractivity contribution in [1.29, 1.82) is 0 Å². The molecule has 1 aliphatic carbocycles. The fraction of sp³-hybridized carbons (Fsp3) is 0.524. The molecular formula is C21H24ClNO5S. The highest BCUT2D eigenvalue weighted by Crippen LogP contribution is 2.46. The molecule has 4 rings (SSSR count). The third kappa shape index (κ3) is 4.28. The van der Waals surface area contributed by atoms with Gasteiger partial charge in [-0.1, -0.05) is 24.6 Å². The van der Waals surface area contributed by atoms with Crippen LogP contribution in [0.15, 0.2) is 23.6 Å². The van der Waals surface area contributed by atoms with Gasteiger partial charge in [-0.2, -0.15) is 0 Å². The highest BCUT2D eigenvalue weighted by molar-refractivity contribution is 7.09. The predicted molar refractivity (Wildman–Crippen MR) is 110 cm³/mol. The van der Waals surface area contributed by atoms with Gasteiger partial charge >= 0.3 is 5.97 Å². The van der Waals surface area contributed by atoms with Gasteiger partial charge in [-0.05, 0) is 42.9 Å². The molecular weight excluding hydrogens is 414 g/mol. The predicted octanol–water partition coefficient (Wildman–Crippen LogP) is 4.35. The maximum Gasteiger partial charge on any atom is 0.355 e. The molecule has 0 unspecified atom stereocenters. The van der Waals surface area contributed by atoms with Crippen LogP contribution in [0.4, 0.5) is 0 Å². The van der Waals surface area contributed by atoms with Crippen LogP contribution in [-0.2, 0) is 11.2 Å². The van der Waals surface area contributed by atoms with Gasteiger partial charge in [-0.15, -0.1) is 11.3 Å². The molecule has 1 aromatic heterocycles. The van der Waals surface area contributed by atoms with Gasteiger partial charge in [0, 0.05) is 22.7 Å². The van der Waals surface area contributed by atoms with Crippen molar-refractivity contribution in [3.63, 3.8) is 0 Å². The Kier molecular flexibility index (Phi) is 6.11. The Morgan fingerprint density at radius 1 is 1.41 bits per heavy atom. The maximum absolute atomic E-state index is 11.1. The van der Waals surface area contributed by atoms with Crippen LogP contribution in [0.3, 0.4) is 0 Å². The van der Waals surface area contributed by atoms with Crippen LogP contribution in [0.1, 0.15) is 53.3 Å². The summed E-state index contributed by atoms with van der Waals surface area (Å²) >= 11 is 7.58. The van der Waals surface area contributed by atoms with Gasteiger partial charge in [0.15, 0.2) is 5.69 Å². The van der Waals surface area contributed by atoms with Crippen LogP contribution in [0.5, 0.6) is 5.75 Å². The summed E-state index contributed by atoms with van der Waals surface area (Å²) in [6.07, 6.45) is 2.31. The number of aromatic carboxylic acids is 1. The largest absolute Gasteiger partial charge is 0.493 e. The summed E-state index contributed by atoms with van der Waals surface area (Å²) < 4.78 is 12.2. The number of rotatable bonds is 6. The van der Waals surface area contributed by atoms with Gasteiger partial charge in [0.25, 0.3) is 0 Å². The molecule has 1 aliphatic heterocycles. The number of hydrogen-bond donors (Lipinski definition) is 2. The first-order valence-electron chi connectivity index (χ1n) is 9.89. The van der Waals surface area contributed by atoms with Crippen LogP contribution in [0.2, 0.25) is 5.02 Å². The minimum Gasteiger partial charge on any atom is -0.493 e. The lowest BCUT2D eigenvalue weighted by Gasteiger charge is -2.33. The first-order chi connectivity index (χ1) is 14.0. The summed E-state index contributed by atoms with van der Waals surface area (Å²) in [7, 11) is 0. The Balaban J connectivity index is 1.38. The molecule has 2 N–H and O–H groups in total. The Morgan fingerprint density at radius 2 is 2.24 bits per heavy atom. The summed E-state index contributed by atoms with van der Waals surface area (Å²) in [5, 5.41) is 22.6. The first kappa shape index (κ1) is 20.6. The molecule has 0 radical (unpaired) electrons. The van der Waals surface area contributed by atoms with E-state index >= 15 is 0 Å². The molecule has 1 saturated carbocycles. The normalized spacial score (nSPS) is 28.9. The first-order valence-corrected chi connectivity index (χ1v) is 11.2. The quantitative estimate of drug-likeness (QED) is 0.698. The molecule has 1 aromatic carbocycles. The van der Waals surface area contributed by atoms with E-state index in [-0.39, 0.29) is 29.7 Å². The van der Waals surface area contributed by atoms with E-state index in [4.69, 9.17) is 26.2 Å². The molecule has 2 heterocycles. The number of carboxylic acids is 1. The van der Waals surface area contributed by atoms with Crippen molar-refractivity contribution in [1.82, 2.24) is 4.98 Å². The number of carboxylic acid groups (broad SMARTS) is 1. The maximum atomic E-state index is 11.1. The molecule has 2 aliphatic rings. The second-order valence-electron chi connectivity index (χ2n) is 7.67. The Morgan fingerprint density at radius 3 is 2.93 bits per heavy atom. The van der Waals surface area contributed by atoms with Crippen molar-refractivity contribution in [3.05, 3.63) is 44.9 Å². The van der Waals surface area contributed by atoms with Crippen molar-refractivity contribution in [3.8, 4) is 5.75 Å². The average Bonchev–Trinajstić information content (AvgIpc) is 3.30. The lowest BCUT2D eigenvalue weighted by Crippen LogP contribution is -2.33. The van der Waals surface area contributed by atoms with Crippen LogP contribution in [-0.4, -0.2) is 40.0 Å². The highest BCUT2D eigenvalue weighted by atomic mass is 35.5. The van der Waals surface area contributed by atoms with E-state index in [1.807, 2.05) is 18.2 Å². The third-order valence-electron chi connectivity index (χ3n) is 5.96. The van der Waals surface area contributed by atoms with Crippen molar-refractivity contribution >= 4 is 28.9 Å². The van der Waals surface area contributed by atoms with Gasteiger partial charge in [0.2, 0.25) is 0 Å². The average molecular weight is 438 g/mol. The van der Waals surface area contributed by atoms with Crippen LogP contribution in [0, 0.1) is 11.8 Å². The number of aliphatic hydroxyl groups excluding tert-OH is 1. The minimum absolute atomic E-state index is 0.00328. The van der Waals surface area contributed by atoms with Crippen LogP contribution >= 0.6 is 22.9 Å². The molecule has 1 saturated heterocycles. The van der Waals surface area contributed by atoms with Crippen LogP contribution < -0.4 is 4.74 Å². The molecule has 0 spiro atoms. The number of ether oxygens (including phenoxy) is 2. The minimum atomic E-state index is -1.03. The zero-order valence-electron chi connectivity index (χ0n) is 16.1. The number of aryl methyl sites for hydroxylation is 1. The molecule has 5 atom stereocenters. The van der Waals surface area contributed by atoms with Gasteiger partial charge in [0.1, 0.15) is 16.9 Å². The Hall–Kier alpha value is -1.67. The van der Waals surface area contributed by atoms with E-state index in [1.165, 1.54) is 11.3 Å². The molecule has 6 nitrogen and oxygen atoms in total. The SMILES string of the molecule is CCc1ccc(OC[C@@H]2[C@H]3CC[C@H](c4nc(C(=O)O)cs4)O[C@H]3C[C@@H]2O)cc1Cl. The Bertz CT molecular complexity index is 888. The summed E-state index contributed by atoms with van der Waals surface area (Å²) in [5.74, 6) is -0.106. The molecule has 2 aromatic rings. The summed E-state index contributed by atoms with van der Waals surface area (Å²) in [6.45, 7) is 2.47. The number of hydrogen-bond acceptors (Lipinski definition) is 6. The summed E-state index contributed by atoms with van der Waals surface area (Å²) in [5.41, 5.74) is 1.14. The topological polar surface area (TPSA) is 88.9 Å². The van der Waals surface area contributed by atoms with Crippen LogP contribution in [0.25, 0.3) is 0 Å². The molecule has 2 fully saturated rings. The number of fused-ring (bicyclic) bond motifs is 1. The smallest absolute Gasteiger partial charge is 0.355 e. The molecule has 29 heavy (non-hydrogen) atoms. The van der Waals surface area contributed by atoms with E-state index in [0.29, 0.717) is 28.8 Å². The third-order valence-corrected chi connectivity index (χ3v) is 7.25. The summed E-state index contributed by atoms with van der Waals surface area (Å²) in [6, 6.07) is 5.72. The number of benzene rings is 1. The van der Waals surface area contributed by atoms with Crippen molar-refractivity contribution in [2.45, 2.75) is 50.9 Å². The number of aromatic nitrogens is 1. The number of nitrogens with zero attached hydrogens (tertiary/aromatic N) is 1. The number of halogens is 1. The van der Waals surface area contributed by atoms with Gasteiger partial charge in [-0.3, -0.25) is 0 Å². The molecule has 156 valence electrons. The molecule has 0 bridgehead atoms. The number of aliphatic hydroxyl groups is 1. The van der Waals surface area contributed by atoms with Crippen molar-refractivity contribution in [2.24, 2.45) is 11.8 Å². The van der Waals surface area contributed by atoms with E-state index < -0.39 is 12.1 Å². The van der Waals surface area contributed by atoms with Gasteiger partial charge < -0.3 is 19.7 Å². The monoisotopic (exact) mass is 437 g/mol. The summed E-state index contributed by atoms with van der Waals surface area (Å²) in [4.78, 5) is 15.2. The van der Waals surface area contributed by atoms with Gasteiger partial charge in [-0.25, -0.2) is 9.78 Å². The zero-order valence-corrected chi connectivity index (χ0v) is 17.7. The van der Waals surface area contributed by atoms with Crippen molar-refractivity contribution < 1.29 is 24.5 Å². The fourth-order valence-corrected chi connectivity index (χ4v) is 5.54. The Labute approximate surface area is 178 Å². The van der Waals surface area contributed by atoms with E-state index in [9.17, 15) is 9.90 Å². The van der Waals surface area contributed by atoms with E-state index in [0.717, 1.165) is 24.8 Å². The fourth-order valence-electron chi connectivity index (χ4n) is 4.38. The van der Waals surface area contributed by atoms with E-state index in [2.05, 4.69) is 11.9 Å². The number of carbonyl (C=O) groups is 1. The zero-order chi connectivity index (χ0) is 20.5. The van der Waals surface area contributed by atoms with Crippen molar-refractivity contribution in [2.75, 3.05) is 6.61 Å². The lowest BCUT2D eigenvalue weighted by atomic mass is 9.87. The van der Waals surface area contributed by atoms with Gasteiger partial charge in [0.05, 0.1) is 18.8 Å². The van der Waals surface area contributed by atoms with E-state index in [1.54, 1.807) is 5.38 Å². The molecule has 8 heteroatoms. The lowest BCUT2D eigenvalue weighted by molar-refractivity contribution is -0.0811. The highest BCUT2D eigenvalue weighted by Gasteiger charge is 2.47. The standard InChI is InChI=1S/C21H24ClNO5S/c1-2-11-3-4-12(7-15(11)22)27-9-14-13-5-6-18(28-19(13)8-17(14)24)20-23-16(10-29-20)21(25)26/h3-4,7,10,13-14,17-19,24H,2,5-6,8-9H2,1H3,(H,25,26)/t13-,14-,17+,18-,19+/m1/s1. The molecule has 0 amide bonds. The second-order valence-corrected chi connectivity index (χ2v) is 8.96. The number of thiazole rings is 1.